The highest BCUT2D eigenvalue weighted by Gasteiger charge is 2.39. The summed E-state index contributed by atoms with van der Waals surface area (Å²) in [7, 11) is 1.88. The van der Waals surface area contributed by atoms with Gasteiger partial charge >= 0.3 is 5.97 Å². The van der Waals surface area contributed by atoms with E-state index < -0.39 is 11.6 Å². The molecule has 1 aromatic heterocycles. The topological polar surface area (TPSA) is 76.7 Å². The smallest absolute Gasteiger partial charge is 0.335 e. The Hall–Kier alpha value is -2.63. The van der Waals surface area contributed by atoms with Crippen molar-refractivity contribution in [3.05, 3.63) is 52.8 Å². The van der Waals surface area contributed by atoms with E-state index in [0.717, 1.165) is 22.5 Å². The summed E-state index contributed by atoms with van der Waals surface area (Å²) in [6.07, 6.45) is 2.56. The fraction of sp³-hybridized carbons (Fsp3) is 0.312. The average molecular weight is 299 g/mol. The molecule has 1 unspecified atom stereocenters. The molecule has 2 heterocycles. The third-order valence-corrected chi connectivity index (χ3v) is 3.91. The van der Waals surface area contributed by atoms with E-state index in [4.69, 9.17) is 9.94 Å². The van der Waals surface area contributed by atoms with Gasteiger partial charge in [-0.2, -0.15) is 5.10 Å². The number of carboxylic acid groups (broad SMARTS) is 1. The maximum atomic E-state index is 10.9. The van der Waals surface area contributed by atoms with Gasteiger partial charge in [-0.15, -0.1) is 0 Å². The van der Waals surface area contributed by atoms with Crippen molar-refractivity contribution in [3.8, 4) is 0 Å². The van der Waals surface area contributed by atoms with Crippen LogP contribution in [0.25, 0.3) is 0 Å². The first-order valence-corrected chi connectivity index (χ1v) is 6.98. The fourth-order valence-electron chi connectivity index (χ4n) is 2.76. The largest absolute Gasteiger partial charge is 0.478 e. The lowest BCUT2D eigenvalue weighted by atomic mass is 9.89. The minimum Gasteiger partial charge on any atom is -0.478 e. The second-order valence-corrected chi connectivity index (χ2v) is 5.72. The van der Waals surface area contributed by atoms with Gasteiger partial charge in [0.2, 0.25) is 0 Å². The van der Waals surface area contributed by atoms with Crippen LogP contribution in [0.15, 0.2) is 35.6 Å². The van der Waals surface area contributed by atoms with Crippen LogP contribution in [-0.2, 0) is 17.5 Å². The Balaban J connectivity index is 1.84. The van der Waals surface area contributed by atoms with E-state index in [9.17, 15) is 4.79 Å². The van der Waals surface area contributed by atoms with Gasteiger partial charge in [-0.25, -0.2) is 4.79 Å². The van der Waals surface area contributed by atoms with Gasteiger partial charge in [-0.3, -0.25) is 4.68 Å². The number of aromatic carboxylic acids is 1. The van der Waals surface area contributed by atoms with Crippen LogP contribution in [0.4, 0.5) is 0 Å². The first-order valence-electron chi connectivity index (χ1n) is 6.98. The van der Waals surface area contributed by atoms with E-state index in [2.05, 4.69) is 10.3 Å². The highest BCUT2D eigenvalue weighted by atomic mass is 16.7. The summed E-state index contributed by atoms with van der Waals surface area (Å²) in [6.45, 7) is 3.93. The molecule has 22 heavy (non-hydrogen) atoms. The highest BCUT2D eigenvalue weighted by molar-refractivity contribution is 6.02. The third kappa shape index (κ3) is 2.36. The molecule has 114 valence electrons. The molecule has 1 N–H and O–H groups in total. The summed E-state index contributed by atoms with van der Waals surface area (Å²) in [5.41, 5.74) is 3.32. The van der Waals surface area contributed by atoms with Crippen molar-refractivity contribution in [2.45, 2.75) is 25.9 Å². The van der Waals surface area contributed by atoms with Crippen LogP contribution in [-0.4, -0.2) is 26.6 Å². The fourth-order valence-corrected chi connectivity index (χ4v) is 2.76. The van der Waals surface area contributed by atoms with Crippen LogP contribution < -0.4 is 0 Å². The number of benzene rings is 1. The summed E-state index contributed by atoms with van der Waals surface area (Å²) in [6, 6.07) is 6.66. The number of carbonyl (C=O) groups is 1. The molecule has 0 amide bonds. The molecule has 1 aromatic carbocycles. The van der Waals surface area contributed by atoms with Gasteiger partial charge in [0.1, 0.15) is 0 Å². The Kier molecular flexibility index (Phi) is 3.24. The molecule has 1 aliphatic rings. The lowest BCUT2D eigenvalue weighted by Gasteiger charge is -2.20. The third-order valence-electron chi connectivity index (χ3n) is 3.91. The zero-order valence-electron chi connectivity index (χ0n) is 12.7. The van der Waals surface area contributed by atoms with E-state index in [-0.39, 0.29) is 5.56 Å². The Bertz CT molecular complexity index is 761. The maximum absolute atomic E-state index is 10.9. The van der Waals surface area contributed by atoms with E-state index in [1.165, 1.54) is 0 Å². The van der Waals surface area contributed by atoms with Crippen molar-refractivity contribution in [3.63, 3.8) is 0 Å². The molecule has 0 aliphatic carbocycles. The average Bonchev–Trinajstić information content (AvgIpc) is 3.03. The number of nitrogens with zero attached hydrogens (tertiary/aromatic N) is 3. The SMILES string of the molecule is Cc1nn(C)cc1C1(C)CC(c2ccc(C(=O)O)cc2)=NO1. The lowest BCUT2D eigenvalue weighted by Crippen LogP contribution is -2.22. The number of hydrogen-bond donors (Lipinski definition) is 1. The second-order valence-electron chi connectivity index (χ2n) is 5.72. The number of carboxylic acids is 1. The molecule has 1 aliphatic heterocycles. The maximum Gasteiger partial charge on any atom is 0.335 e. The molecular weight excluding hydrogens is 282 g/mol. The van der Waals surface area contributed by atoms with Crippen LogP contribution in [0.5, 0.6) is 0 Å². The number of oxime groups is 1. The van der Waals surface area contributed by atoms with Crippen molar-refractivity contribution >= 4 is 11.7 Å². The Morgan fingerprint density at radius 1 is 1.36 bits per heavy atom. The van der Waals surface area contributed by atoms with Gasteiger partial charge in [0.15, 0.2) is 5.60 Å². The molecule has 6 nitrogen and oxygen atoms in total. The van der Waals surface area contributed by atoms with Crippen molar-refractivity contribution in [2.75, 3.05) is 0 Å². The van der Waals surface area contributed by atoms with Crippen LogP contribution in [0, 0.1) is 6.92 Å². The summed E-state index contributed by atoms with van der Waals surface area (Å²) in [5, 5.41) is 17.5. The molecule has 3 rings (SSSR count). The predicted octanol–water partition coefficient (Wildman–Crippen LogP) is 2.47. The minimum absolute atomic E-state index is 0.258. The molecule has 1 atom stereocenters. The molecule has 0 saturated carbocycles. The minimum atomic E-state index is -0.938. The molecule has 0 radical (unpaired) electrons. The van der Waals surface area contributed by atoms with Crippen molar-refractivity contribution in [1.82, 2.24) is 9.78 Å². The lowest BCUT2D eigenvalue weighted by molar-refractivity contribution is -0.00789. The standard InChI is InChI=1S/C16H17N3O3/c1-10-13(9-19(3)17-10)16(2)8-14(18-22-16)11-4-6-12(7-5-11)15(20)21/h4-7,9H,8H2,1-3H3,(H,20,21). The van der Waals surface area contributed by atoms with Gasteiger partial charge < -0.3 is 9.94 Å². The summed E-state index contributed by atoms with van der Waals surface area (Å²) in [4.78, 5) is 16.6. The van der Waals surface area contributed by atoms with Gasteiger partial charge in [-0.1, -0.05) is 17.3 Å². The Labute approximate surface area is 128 Å². The number of aromatic nitrogens is 2. The molecular formula is C16H17N3O3. The zero-order valence-corrected chi connectivity index (χ0v) is 12.7. The Morgan fingerprint density at radius 3 is 2.59 bits per heavy atom. The first kappa shape index (κ1) is 14.3. The normalized spacial score (nSPS) is 20.6. The van der Waals surface area contributed by atoms with Crippen molar-refractivity contribution < 1.29 is 14.7 Å². The van der Waals surface area contributed by atoms with E-state index in [1.54, 1.807) is 28.9 Å². The molecule has 0 saturated heterocycles. The van der Waals surface area contributed by atoms with E-state index in [0.29, 0.717) is 6.42 Å². The van der Waals surface area contributed by atoms with Gasteiger partial charge in [0.05, 0.1) is 17.0 Å². The molecule has 0 spiro atoms. The summed E-state index contributed by atoms with van der Waals surface area (Å²) >= 11 is 0. The van der Waals surface area contributed by atoms with Crippen LogP contribution in [0.1, 0.15) is 40.5 Å². The second kappa shape index (κ2) is 4.98. The van der Waals surface area contributed by atoms with Gasteiger partial charge in [0, 0.05) is 25.2 Å². The molecule has 0 fully saturated rings. The molecule has 6 heteroatoms. The Morgan fingerprint density at radius 2 is 2.05 bits per heavy atom. The summed E-state index contributed by atoms with van der Waals surface area (Å²) in [5.74, 6) is -0.938. The van der Waals surface area contributed by atoms with E-state index in [1.807, 2.05) is 27.1 Å². The molecule has 0 bridgehead atoms. The van der Waals surface area contributed by atoms with Crippen molar-refractivity contribution in [1.29, 1.82) is 0 Å². The summed E-state index contributed by atoms with van der Waals surface area (Å²) < 4.78 is 1.76. The van der Waals surface area contributed by atoms with E-state index >= 15 is 0 Å². The first-order chi connectivity index (χ1) is 10.4. The molecule has 2 aromatic rings. The number of aryl methyl sites for hydroxylation is 2. The quantitative estimate of drug-likeness (QED) is 0.944. The van der Waals surface area contributed by atoms with Gasteiger partial charge in [-0.05, 0) is 31.5 Å². The van der Waals surface area contributed by atoms with Crippen LogP contribution in [0.3, 0.4) is 0 Å². The highest BCUT2D eigenvalue weighted by Crippen LogP contribution is 2.37. The van der Waals surface area contributed by atoms with Crippen LogP contribution in [0.2, 0.25) is 0 Å². The predicted molar refractivity (Wildman–Crippen MR) is 80.9 cm³/mol. The zero-order chi connectivity index (χ0) is 15.9. The number of rotatable bonds is 3. The van der Waals surface area contributed by atoms with Crippen molar-refractivity contribution in [2.24, 2.45) is 12.2 Å². The van der Waals surface area contributed by atoms with Crippen LogP contribution >= 0.6 is 0 Å². The monoisotopic (exact) mass is 299 g/mol. The van der Waals surface area contributed by atoms with Gasteiger partial charge in [0.25, 0.3) is 0 Å². The number of hydrogen-bond acceptors (Lipinski definition) is 4.